The molecule has 2 aromatic rings. The third-order valence-corrected chi connectivity index (χ3v) is 6.32. The minimum atomic E-state index is 0. The Morgan fingerprint density at radius 1 is 1.28 bits per heavy atom. The predicted octanol–water partition coefficient (Wildman–Crippen LogP) is 3.06. The van der Waals surface area contributed by atoms with E-state index < -0.39 is 0 Å². The van der Waals surface area contributed by atoms with Gasteiger partial charge in [0.2, 0.25) is 0 Å². The van der Waals surface area contributed by atoms with E-state index in [0.29, 0.717) is 25.0 Å². The minimum absolute atomic E-state index is 0. The van der Waals surface area contributed by atoms with E-state index in [-0.39, 0.29) is 18.3 Å². The third kappa shape index (κ3) is 3.60. The number of hydrogen-bond acceptors (Lipinski definition) is 4. The van der Waals surface area contributed by atoms with Gasteiger partial charge in [-0.25, -0.2) is 0 Å². The molecule has 134 valence electrons. The van der Waals surface area contributed by atoms with Crippen LogP contribution in [0.5, 0.6) is 0 Å². The van der Waals surface area contributed by atoms with Crippen LogP contribution in [0.2, 0.25) is 0 Å². The summed E-state index contributed by atoms with van der Waals surface area (Å²) in [6.45, 7) is 3.50. The molecule has 0 spiro atoms. The summed E-state index contributed by atoms with van der Waals surface area (Å²) in [6, 6.07) is 12.4. The van der Waals surface area contributed by atoms with Crippen LogP contribution in [0.4, 0.5) is 0 Å². The molecule has 1 aromatic heterocycles. The first-order chi connectivity index (χ1) is 11.8. The number of halogens is 1. The molecule has 0 aliphatic carbocycles. The van der Waals surface area contributed by atoms with Crippen molar-refractivity contribution in [3.05, 3.63) is 57.3 Å². The monoisotopic (exact) mass is 378 g/mol. The second kappa shape index (κ2) is 7.87. The van der Waals surface area contributed by atoms with Gasteiger partial charge < -0.3 is 15.4 Å². The van der Waals surface area contributed by atoms with E-state index in [1.54, 1.807) is 11.3 Å². The number of fused-ring (bicyclic) bond motifs is 1. The molecule has 2 aliphatic rings. The Labute approximate surface area is 158 Å². The summed E-state index contributed by atoms with van der Waals surface area (Å²) < 4.78 is 5.49. The number of amides is 1. The van der Waals surface area contributed by atoms with Crippen LogP contribution in [-0.2, 0) is 17.8 Å². The van der Waals surface area contributed by atoms with Crippen molar-refractivity contribution < 1.29 is 9.53 Å². The lowest BCUT2D eigenvalue weighted by atomic mass is 9.89. The molecule has 0 unspecified atom stereocenters. The highest BCUT2D eigenvalue weighted by molar-refractivity contribution is 7.14. The number of benzene rings is 1. The summed E-state index contributed by atoms with van der Waals surface area (Å²) in [6.07, 6.45) is 0.922. The standard InChI is InChI=1S/C19H22N2O2S.ClH/c20-9-15-10-21(11-16(15)13-4-2-1-3-5-13)19(22)18-8-14-12-23-7-6-17(14)24-18;/h1-5,8,15-16H,6-7,9-12,20H2;1H/t15-,16+;/m1./s1. The second-order valence-electron chi connectivity index (χ2n) is 6.58. The van der Waals surface area contributed by atoms with Gasteiger partial charge in [0.1, 0.15) is 0 Å². The number of nitrogens with zero attached hydrogens (tertiary/aromatic N) is 1. The van der Waals surface area contributed by atoms with E-state index in [9.17, 15) is 4.79 Å². The number of nitrogens with two attached hydrogens (primary N) is 1. The fourth-order valence-corrected chi connectivity index (χ4v) is 4.88. The molecule has 3 heterocycles. The number of ether oxygens (including phenoxy) is 1. The molecule has 2 atom stereocenters. The van der Waals surface area contributed by atoms with Crippen molar-refractivity contribution in [2.75, 3.05) is 26.2 Å². The van der Waals surface area contributed by atoms with Crippen LogP contribution in [0.25, 0.3) is 0 Å². The minimum Gasteiger partial charge on any atom is -0.376 e. The summed E-state index contributed by atoms with van der Waals surface area (Å²) in [7, 11) is 0. The van der Waals surface area contributed by atoms with Crippen molar-refractivity contribution in [1.29, 1.82) is 0 Å². The van der Waals surface area contributed by atoms with Gasteiger partial charge in [-0.3, -0.25) is 4.79 Å². The molecule has 0 saturated carbocycles. The van der Waals surface area contributed by atoms with E-state index in [0.717, 1.165) is 31.0 Å². The lowest BCUT2D eigenvalue weighted by molar-refractivity contribution is 0.0791. The third-order valence-electron chi connectivity index (χ3n) is 5.10. The van der Waals surface area contributed by atoms with Crippen LogP contribution in [-0.4, -0.2) is 37.0 Å². The van der Waals surface area contributed by atoms with Crippen LogP contribution in [0.1, 0.15) is 31.6 Å². The fourth-order valence-electron chi connectivity index (χ4n) is 3.76. The van der Waals surface area contributed by atoms with E-state index in [4.69, 9.17) is 10.5 Å². The second-order valence-corrected chi connectivity index (χ2v) is 7.72. The van der Waals surface area contributed by atoms with Crippen molar-refractivity contribution in [2.45, 2.75) is 18.9 Å². The fraction of sp³-hybridized carbons (Fsp3) is 0.421. The molecule has 2 aliphatic heterocycles. The van der Waals surface area contributed by atoms with E-state index in [1.807, 2.05) is 17.0 Å². The Hall–Kier alpha value is -1.40. The zero-order valence-electron chi connectivity index (χ0n) is 14.0. The molecule has 1 fully saturated rings. The molecule has 6 heteroatoms. The van der Waals surface area contributed by atoms with Gasteiger partial charge in [-0.1, -0.05) is 30.3 Å². The summed E-state index contributed by atoms with van der Waals surface area (Å²) in [5.41, 5.74) is 8.45. The van der Waals surface area contributed by atoms with Crippen LogP contribution in [0, 0.1) is 5.92 Å². The molecular weight excluding hydrogens is 356 g/mol. The van der Waals surface area contributed by atoms with E-state index >= 15 is 0 Å². The first-order valence-electron chi connectivity index (χ1n) is 8.50. The number of hydrogen-bond donors (Lipinski definition) is 1. The molecular formula is C19H23ClN2O2S. The van der Waals surface area contributed by atoms with Crippen molar-refractivity contribution in [3.8, 4) is 0 Å². The lowest BCUT2D eigenvalue weighted by Gasteiger charge is -2.16. The zero-order valence-corrected chi connectivity index (χ0v) is 15.7. The Balaban J connectivity index is 0.00000182. The zero-order chi connectivity index (χ0) is 16.5. The highest BCUT2D eigenvalue weighted by Crippen LogP contribution is 2.34. The molecule has 2 N–H and O–H groups in total. The molecule has 4 nitrogen and oxygen atoms in total. The molecule has 0 radical (unpaired) electrons. The Bertz CT molecular complexity index is 711. The van der Waals surface area contributed by atoms with Crippen LogP contribution < -0.4 is 5.73 Å². The first kappa shape index (κ1) is 18.4. The van der Waals surface area contributed by atoms with Crippen LogP contribution >= 0.6 is 23.7 Å². The van der Waals surface area contributed by atoms with Gasteiger partial charge >= 0.3 is 0 Å². The average Bonchev–Trinajstić information content (AvgIpc) is 3.26. The number of rotatable bonds is 3. The molecule has 25 heavy (non-hydrogen) atoms. The van der Waals surface area contributed by atoms with Crippen molar-refractivity contribution in [1.82, 2.24) is 4.90 Å². The van der Waals surface area contributed by atoms with Gasteiger partial charge in [0, 0.05) is 30.3 Å². The number of carbonyl (C=O) groups is 1. The van der Waals surface area contributed by atoms with Crippen molar-refractivity contribution in [3.63, 3.8) is 0 Å². The molecule has 0 bridgehead atoms. The Morgan fingerprint density at radius 3 is 2.80 bits per heavy atom. The molecule has 1 amide bonds. The normalized spacial score (nSPS) is 22.4. The molecule has 4 rings (SSSR count). The van der Waals surface area contributed by atoms with Gasteiger partial charge in [-0.15, -0.1) is 23.7 Å². The van der Waals surface area contributed by atoms with Gasteiger partial charge in [-0.05, 0) is 29.7 Å². The van der Waals surface area contributed by atoms with Gasteiger partial charge in [0.25, 0.3) is 5.91 Å². The van der Waals surface area contributed by atoms with E-state index in [1.165, 1.54) is 16.0 Å². The first-order valence-corrected chi connectivity index (χ1v) is 9.31. The highest BCUT2D eigenvalue weighted by atomic mass is 35.5. The number of thiophene rings is 1. The maximum atomic E-state index is 13.0. The van der Waals surface area contributed by atoms with Crippen LogP contribution in [0.15, 0.2) is 36.4 Å². The predicted molar refractivity (Wildman–Crippen MR) is 103 cm³/mol. The Kier molecular flexibility index (Phi) is 5.79. The van der Waals surface area contributed by atoms with Gasteiger partial charge in [0.15, 0.2) is 0 Å². The molecule has 1 saturated heterocycles. The maximum Gasteiger partial charge on any atom is 0.263 e. The topological polar surface area (TPSA) is 55.6 Å². The summed E-state index contributed by atoms with van der Waals surface area (Å²) in [5.74, 6) is 0.804. The van der Waals surface area contributed by atoms with Crippen molar-refractivity contribution >= 4 is 29.7 Å². The highest BCUT2D eigenvalue weighted by Gasteiger charge is 2.36. The number of carbonyl (C=O) groups excluding carboxylic acids is 1. The van der Waals surface area contributed by atoms with Gasteiger partial charge in [-0.2, -0.15) is 0 Å². The SMILES string of the molecule is Cl.NC[C@@H]1CN(C(=O)c2cc3c(s2)CCOC3)C[C@H]1c1ccccc1. The summed E-state index contributed by atoms with van der Waals surface area (Å²) in [4.78, 5) is 17.1. The van der Waals surface area contributed by atoms with Gasteiger partial charge in [0.05, 0.1) is 18.1 Å². The average molecular weight is 379 g/mol. The smallest absolute Gasteiger partial charge is 0.263 e. The molecule has 1 aromatic carbocycles. The van der Waals surface area contributed by atoms with Crippen molar-refractivity contribution in [2.24, 2.45) is 11.7 Å². The van der Waals surface area contributed by atoms with E-state index in [2.05, 4.69) is 24.3 Å². The number of likely N-dealkylation sites (tertiary alicyclic amines) is 1. The Morgan fingerprint density at radius 2 is 2.08 bits per heavy atom. The van der Waals surface area contributed by atoms with Crippen LogP contribution in [0.3, 0.4) is 0 Å². The quantitative estimate of drug-likeness (QED) is 0.893. The summed E-state index contributed by atoms with van der Waals surface area (Å²) >= 11 is 1.63. The summed E-state index contributed by atoms with van der Waals surface area (Å²) in [5, 5.41) is 0. The largest absolute Gasteiger partial charge is 0.376 e. The lowest BCUT2D eigenvalue weighted by Crippen LogP contribution is -2.29. The maximum absolute atomic E-state index is 13.0.